The van der Waals surface area contributed by atoms with Crippen LogP contribution < -0.4 is 5.32 Å². The molecular weight excluding hydrogens is 512 g/mol. The number of likely N-dealkylation sites (tertiary alicyclic amines) is 1. The Kier molecular flexibility index (Phi) is 7.94. The number of benzene rings is 1. The molecule has 3 unspecified atom stereocenters. The van der Waals surface area contributed by atoms with Crippen molar-refractivity contribution in [3.8, 4) is 0 Å². The molecule has 5 amide bonds. The van der Waals surface area contributed by atoms with Crippen molar-refractivity contribution in [3.05, 3.63) is 48.0 Å². The summed E-state index contributed by atoms with van der Waals surface area (Å²) in [5, 5.41) is 1.81. The largest absolute Gasteiger partial charge is 0.518 e. The van der Waals surface area contributed by atoms with E-state index in [2.05, 4.69) is 11.9 Å². The van der Waals surface area contributed by atoms with Crippen LogP contribution in [0.1, 0.15) is 26.3 Å². The fraction of sp³-hybridized carbons (Fsp3) is 0.480. The Labute approximate surface area is 222 Å². The number of amides is 5. The molecule has 12 heteroatoms. The number of urea groups is 1. The van der Waals surface area contributed by atoms with Crippen molar-refractivity contribution in [3.63, 3.8) is 0 Å². The summed E-state index contributed by atoms with van der Waals surface area (Å²) in [6.45, 7) is 14.3. The van der Waals surface area contributed by atoms with Crippen LogP contribution in [-0.2, 0) is 30.0 Å². The van der Waals surface area contributed by atoms with Gasteiger partial charge in [-0.3, -0.25) is 19.2 Å². The molecule has 0 bridgehead atoms. The summed E-state index contributed by atoms with van der Waals surface area (Å²) < 4.78 is 6.65. The summed E-state index contributed by atoms with van der Waals surface area (Å²) in [4.78, 5) is 67.8. The molecule has 3 rings (SSSR count). The van der Waals surface area contributed by atoms with E-state index in [1.54, 1.807) is 32.9 Å². The van der Waals surface area contributed by atoms with Crippen molar-refractivity contribution in [2.75, 3.05) is 7.05 Å². The highest BCUT2D eigenvalue weighted by atomic mass is 32.2. The lowest BCUT2D eigenvalue weighted by atomic mass is 9.99. The number of carbonyl (C=O) groups is 5. The van der Waals surface area contributed by atoms with Crippen LogP contribution in [0, 0.1) is 0 Å². The Bertz CT molecular complexity index is 1140. The molecule has 200 valence electrons. The molecule has 0 aromatic heterocycles. The third kappa shape index (κ3) is 5.74. The predicted octanol–water partition coefficient (Wildman–Crippen LogP) is 2.53. The Morgan fingerprint density at radius 1 is 1.16 bits per heavy atom. The summed E-state index contributed by atoms with van der Waals surface area (Å²) in [6, 6.07) is 6.30. The van der Waals surface area contributed by atoms with Gasteiger partial charge in [-0.1, -0.05) is 36.9 Å². The molecule has 1 aromatic rings. The molecule has 0 spiro atoms. The Hall–Kier alpha value is -3.12. The van der Waals surface area contributed by atoms with Gasteiger partial charge in [0.05, 0.1) is 6.42 Å². The SMILES string of the molecule is C=C(C)C(C(=O)O[Si](C)(C)C)N1C(=O)C(NC(=O)Cc2ccccc2)C1SN1C(=O)N(C)C(C)(C)C1=O. The zero-order chi connectivity index (χ0) is 27.9. The van der Waals surface area contributed by atoms with Crippen LogP contribution in [0.4, 0.5) is 4.79 Å². The number of hydrogen-bond donors (Lipinski definition) is 1. The molecule has 3 atom stereocenters. The maximum atomic E-state index is 13.4. The quantitative estimate of drug-likeness (QED) is 0.166. The lowest BCUT2D eigenvalue weighted by molar-refractivity contribution is -0.159. The first-order chi connectivity index (χ1) is 17.1. The van der Waals surface area contributed by atoms with Crippen molar-refractivity contribution >= 4 is 50.0 Å². The first-order valence-corrected chi connectivity index (χ1v) is 16.1. The Balaban J connectivity index is 1.90. The molecule has 0 saturated carbocycles. The monoisotopic (exact) mass is 546 g/mol. The van der Waals surface area contributed by atoms with E-state index < -0.39 is 61.0 Å². The highest BCUT2D eigenvalue weighted by molar-refractivity contribution is 7.98. The third-order valence-corrected chi connectivity index (χ3v) is 8.26. The first kappa shape index (κ1) is 28.4. The number of β-lactam (4-membered cyclic amide) rings is 1. The minimum Gasteiger partial charge on any atom is -0.518 e. The van der Waals surface area contributed by atoms with Crippen LogP contribution >= 0.6 is 11.9 Å². The predicted molar refractivity (Wildman–Crippen MR) is 142 cm³/mol. The van der Waals surface area contributed by atoms with Gasteiger partial charge < -0.3 is 19.5 Å². The van der Waals surface area contributed by atoms with E-state index in [1.165, 1.54) is 16.8 Å². The number of carbonyl (C=O) groups excluding carboxylic acids is 5. The molecule has 2 heterocycles. The molecule has 0 radical (unpaired) electrons. The van der Waals surface area contributed by atoms with Crippen molar-refractivity contribution in [1.29, 1.82) is 0 Å². The molecule has 1 N–H and O–H groups in total. The van der Waals surface area contributed by atoms with E-state index in [0.717, 1.165) is 21.8 Å². The molecule has 2 saturated heterocycles. The van der Waals surface area contributed by atoms with Crippen molar-refractivity contribution in [1.82, 2.24) is 19.4 Å². The highest BCUT2D eigenvalue weighted by Crippen LogP contribution is 2.40. The van der Waals surface area contributed by atoms with E-state index in [4.69, 9.17) is 4.43 Å². The molecule has 2 aliphatic rings. The minimum atomic E-state index is -2.31. The van der Waals surface area contributed by atoms with E-state index in [0.29, 0.717) is 5.57 Å². The van der Waals surface area contributed by atoms with Crippen LogP contribution in [0.25, 0.3) is 0 Å². The zero-order valence-corrected chi connectivity index (χ0v) is 24.0. The molecule has 0 aliphatic carbocycles. The first-order valence-electron chi connectivity index (χ1n) is 11.9. The number of nitrogens with one attached hydrogen (secondary N) is 1. The second kappa shape index (κ2) is 10.3. The van der Waals surface area contributed by atoms with Gasteiger partial charge in [-0.25, -0.2) is 9.10 Å². The van der Waals surface area contributed by atoms with Crippen LogP contribution in [0.15, 0.2) is 42.5 Å². The Morgan fingerprint density at radius 2 is 1.76 bits per heavy atom. The minimum absolute atomic E-state index is 0.0426. The lowest BCUT2D eigenvalue weighted by Gasteiger charge is -2.50. The summed E-state index contributed by atoms with van der Waals surface area (Å²) in [5.41, 5.74) is 0.0478. The smallest absolute Gasteiger partial charge is 0.337 e. The molecule has 2 aliphatic heterocycles. The van der Waals surface area contributed by atoms with Crippen LogP contribution in [-0.4, -0.2) is 82.2 Å². The van der Waals surface area contributed by atoms with Gasteiger partial charge in [0.15, 0.2) is 6.04 Å². The van der Waals surface area contributed by atoms with Crippen LogP contribution in [0.5, 0.6) is 0 Å². The summed E-state index contributed by atoms with van der Waals surface area (Å²) in [7, 11) is -0.791. The van der Waals surface area contributed by atoms with Crippen molar-refractivity contribution in [2.24, 2.45) is 0 Å². The van der Waals surface area contributed by atoms with Crippen molar-refractivity contribution < 1.29 is 28.4 Å². The van der Waals surface area contributed by atoms with Gasteiger partial charge in [-0.05, 0) is 63.5 Å². The maximum Gasteiger partial charge on any atom is 0.337 e. The summed E-state index contributed by atoms with van der Waals surface area (Å²) >= 11 is 0.811. The van der Waals surface area contributed by atoms with Gasteiger partial charge >= 0.3 is 12.0 Å². The van der Waals surface area contributed by atoms with Gasteiger partial charge in [0.2, 0.25) is 20.1 Å². The number of rotatable bonds is 9. The van der Waals surface area contributed by atoms with E-state index in [1.807, 2.05) is 37.8 Å². The standard InChI is InChI=1S/C25H34N4O6SSi/c1-15(2)19(22(32)35-37(6,7)8)28-20(31)18(26-17(30)14-16-12-10-9-11-13-16)21(28)36-29-23(33)25(3,4)27(5)24(29)34/h9-13,18-19,21H,1,14H2,2-8H3,(H,26,30). The summed E-state index contributed by atoms with van der Waals surface area (Å²) in [5.74, 6) is -2.01. The van der Waals surface area contributed by atoms with Gasteiger partial charge in [0, 0.05) is 7.05 Å². The molecule has 37 heavy (non-hydrogen) atoms. The zero-order valence-electron chi connectivity index (χ0n) is 22.2. The second-order valence-electron chi connectivity index (χ2n) is 10.7. The van der Waals surface area contributed by atoms with Crippen LogP contribution in [0.3, 0.4) is 0 Å². The average molecular weight is 547 g/mol. The van der Waals surface area contributed by atoms with Gasteiger partial charge in [-0.15, -0.1) is 0 Å². The van der Waals surface area contributed by atoms with E-state index in [-0.39, 0.29) is 6.42 Å². The van der Waals surface area contributed by atoms with Gasteiger partial charge in [-0.2, -0.15) is 0 Å². The third-order valence-electron chi connectivity index (χ3n) is 6.20. The molecular formula is C25H34N4O6SSi. The fourth-order valence-corrected chi connectivity index (χ4v) is 6.07. The lowest BCUT2D eigenvalue weighted by Crippen LogP contribution is -2.74. The number of imide groups is 1. The van der Waals surface area contributed by atoms with E-state index >= 15 is 0 Å². The molecule has 2 fully saturated rings. The van der Waals surface area contributed by atoms with Gasteiger partial charge in [0.25, 0.3) is 5.91 Å². The highest BCUT2D eigenvalue weighted by Gasteiger charge is 2.58. The normalized spacial score (nSPS) is 22.0. The average Bonchev–Trinajstić information content (AvgIpc) is 2.93. The van der Waals surface area contributed by atoms with Gasteiger partial charge in [0.1, 0.15) is 17.0 Å². The molecule has 1 aromatic carbocycles. The number of nitrogens with zero attached hydrogens (tertiary/aromatic N) is 3. The van der Waals surface area contributed by atoms with Crippen molar-refractivity contribution in [2.45, 2.75) is 69.8 Å². The maximum absolute atomic E-state index is 13.4. The second-order valence-corrected chi connectivity index (χ2v) is 16.2. The number of hydrogen-bond acceptors (Lipinski definition) is 7. The van der Waals surface area contributed by atoms with E-state index in [9.17, 15) is 24.0 Å². The van der Waals surface area contributed by atoms with Crippen LogP contribution in [0.2, 0.25) is 19.6 Å². The topological polar surface area (TPSA) is 116 Å². The number of likely N-dealkylation sites (N-methyl/N-ethyl adjacent to an activating group) is 1. The fourth-order valence-electron chi connectivity index (χ4n) is 3.98. The molecule has 10 nitrogen and oxygen atoms in total. The summed E-state index contributed by atoms with van der Waals surface area (Å²) in [6.07, 6.45) is 0.0426. The Morgan fingerprint density at radius 3 is 2.24 bits per heavy atom.